The molecular weight excluding hydrogens is 717 g/mol. The number of hydrogen-bond donors (Lipinski definition) is 0. The van der Waals surface area contributed by atoms with Crippen LogP contribution in [0.2, 0.25) is 0 Å². The largest absolute Gasteiger partial charge is 0.309 e. The molecule has 0 saturated heterocycles. The van der Waals surface area contributed by atoms with Crippen molar-refractivity contribution >= 4 is 54.6 Å². The van der Waals surface area contributed by atoms with E-state index in [2.05, 4.69) is 232 Å². The lowest BCUT2D eigenvalue weighted by Gasteiger charge is -2.12. The first-order valence-corrected chi connectivity index (χ1v) is 20.1. The molecule has 59 heavy (non-hydrogen) atoms. The molecule has 0 aliphatic heterocycles. The minimum absolute atomic E-state index is 0.919. The van der Waals surface area contributed by atoms with Gasteiger partial charge in [-0.1, -0.05) is 121 Å². The third kappa shape index (κ3) is 5.34. The number of imidazole rings is 1. The molecule has 0 aliphatic carbocycles. The van der Waals surface area contributed by atoms with Crippen LogP contribution in [-0.4, -0.2) is 18.7 Å². The predicted octanol–water partition coefficient (Wildman–Crippen LogP) is 14.2. The monoisotopic (exact) mass is 752 g/mol. The second kappa shape index (κ2) is 13.3. The summed E-state index contributed by atoms with van der Waals surface area (Å²) in [6.07, 6.45) is 0. The van der Waals surface area contributed by atoms with Crippen LogP contribution < -0.4 is 0 Å². The van der Waals surface area contributed by atoms with Gasteiger partial charge in [-0.15, -0.1) is 0 Å². The summed E-state index contributed by atoms with van der Waals surface area (Å²) in [4.78, 5) is 5.16. The first kappa shape index (κ1) is 33.2. The Morgan fingerprint density at radius 1 is 0.254 bits per heavy atom. The molecule has 3 heterocycles. The van der Waals surface area contributed by atoms with Crippen LogP contribution in [0.25, 0.3) is 105 Å². The molecule has 12 aromatic rings. The highest BCUT2D eigenvalue weighted by Crippen LogP contribution is 2.42. The lowest BCUT2D eigenvalue weighted by Crippen LogP contribution is -1.98. The molecular formula is C55H36N4. The Morgan fingerprint density at radius 3 is 1.22 bits per heavy atom. The van der Waals surface area contributed by atoms with Gasteiger partial charge in [0.15, 0.2) is 0 Å². The van der Waals surface area contributed by atoms with Gasteiger partial charge in [-0.2, -0.15) is 0 Å². The number of nitrogens with zero attached hydrogens (tertiary/aromatic N) is 4. The highest BCUT2D eigenvalue weighted by atomic mass is 15.1. The van der Waals surface area contributed by atoms with Crippen LogP contribution in [0.1, 0.15) is 0 Å². The summed E-state index contributed by atoms with van der Waals surface area (Å²) in [5.41, 5.74) is 15.9. The molecule has 4 heteroatoms. The molecule has 0 bridgehead atoms. The van der Waals surface area contributed by atoms with Gasteiger partial charge in [-0.05, 0) is 119 Å². The Morgan fingerprint density at radius 2 is 0.678 bits per heavy atom. The molecule has 0 saturated carbocycles. The average molecular weight is 753 g/mol. The van der Waals surface area contributed by atoms with E-state index in [0.29, 0.717) is 0 Å². The van der Waals surface area contributed by atoms with Crippen molar-refractivity contribution in [1.82, 2.24) is 18.7 Å². The van der Waals surface area contributed by atoms with Crippen LogP contribution >= 0.6 is 0 Å². The van der Waals surface area contributed by atoms with Crippen LogP contribution in [0.3, 0.4) is 0 Å². The van der Waals surface area contributed by atoms with E-state index in [-0.39, 0.29) is 0 Å². The van der Waals surface area contributed by atoms with Crippen LogP contribution in [0.15, 0.2) is 218 Å². The maximum atomic E-state index is 5.16. The normalized spacial score (nSPS) is 11.7. The van der Waals surface area contributed by atoms with Gasteiger partial charge in [-0.25, -0.2) is 4.98 Å². The Bertz CT molecular complexity index is 3510. The van der Waals surface area contributed by atoms with Crippen molar-refractivity contribution in [2.24, 2.45) is 0 Å². The fourth-order valence-corrected chi connectivity index (χ4v) is 9.10. The smallest absolute Gasteiger partial charge is 0.145 e. The zero-order valence-electron chi connectivity index (χ0n) is 32.1. The number of para-hydroxylation sites is 4. The summed E-state index contributed by atoms with van der Waals surface area (Å²) in [6, 6.07) is 78.6. The molecule has 4 nitrogen and oxygen atoms in total. The van der Waals surface area contributed by atoms with Gasteiger partial charge in [0.2, 0.25) is 0 Å². The van der Waals surface area contributed by atoms with Crippen molar-refractivity contribution in [1.29, 1.82) is 0 Å². The van der Waals surface area contributed by atoms with Crippen molar-refractivity contribution in [3.8, 4) is 50.7 Å². The van der Waals surface area contributed by atoms with E-state index in [0.717, 1.165) is 50.5 Å². The molecule has 0 radical (unpaired) electrons. The summed E-state index contributed by atoms with van der Waals surface area (Å²) in [5.74, 6) is 0.919. The van der Waals surface area contributed by atoms with E-state index in [9.17, 15) is 0 Å². The van der Waals surface area contributed by atoms with Gasteiger partial charge in [0, 0.05) is 44.2 Å². The van der Waals surface area contributed by atoms with Gasteiger partial charge >= 0.3 is 0 Å². The molecule has 9 aromatic carbocycles. The van der Waals surface area contributed by atoms with E-state index in [1.54, 1.807) is 0 Å². The van der Waals surface area contributed by atoms with Crippen molar-refractivity contribution in [3.05, 3.63) is 218 Å². The number of hydrogen-bond acceptors (Lipinski definition) is 1. The SMILES string of the molecule is c1ccc(-c2ccc3c(c2)c2cc4c5cc(-c6ccccc6)ccc5n(-c5ccc(-c6nc7ccccc7n6-c6ccccc6)cc5)c4cc2n3-c2ccccc2)cc1. The fourth-order valence-electron chi connectivity index (χ4n) is 9.10. The molecule has 0 atom stereocenters. The maximum Gasteiger partial charge on any atom is 0.145 e. The van der Waals surface area contributed by atoms with Crippen molar-refractivity contribution in [3.63, 3.8) is 0 Å². The van der Waals surface area contributed by atoms with Crippen molar-refractivity contribution in [2.45, 2.75) is 0 Å². The summed E-state index contributed by atoms with van der Waals surface area (Å²) >= 11 is 0. The summed E-state index contributed by atoms with van der Waals surface area (Å²) < 4.78 is 7.12. The van der Waals surface area contributed by atoms with Gasteiger partial charge in [0.1, 0.15) is 5.82 Å². The molecule has 12 rings (SSSR count). The van der Waals surface area contributed by atoms with Gasteiger partial charge in [0.25, 0.3) is 0 Å². The van der Waals surface area contributed by atoms with Gasteiger partial charge < -0.3 is 9.13 Å². The molecule has 0 fully saturated rings. The molecule has 276 valence electrons. The topological polar surface area (TPSA) is 27.7 Å². The van der Waals surface area contributed by atoms with E-state index in [1.165, 1.54) is 54.8 Å². The van der Waals surface area contributed by atoms with E-state index < -0.39 is 0 Å². The zero-order valence-corrected chi connectivity index (χ0v) is 32.1. The standard InChI is InChI=1S/C55H36N4/c1-5-15-37(16-6-1)40-27-31-50-45(33-40)47-35-48-46-34-41(38-17-7-2-8-18-38)28-32-51(46)58(54(48)36-53(47)57(50)42-19-9-3-10-20-42)44-29-25-39(26-30-44)55-56-49-23-13-14-24-52(49)59(55)43-21-11-4-12-22-43/h1-36H. The van der Waals surface area contributed by atoms with Gasteiger partial charge in [-0.3, -0.25) is 4.57 Å². The minimum atomic E-state index is 0.919. The third-order valence-corrected chi connectivity index (χ3v) is 11.8. The van der Waals surface area contributed by atoms with Crippen molar-refractivity contribution in [2.75, 3.05) is 0 Å². The average Bonchev–Trinajstić information content (AvgIpc) is 3.96. The van der Waals surface area contributed by atoms with Crippen molar-refractivity contribution < 1.29 is 0 Å². The van der Waals surface area contributed by atoms with Crippen LogP contribution in [-0.2, 0) is 0 Å². The quantitative estimate of drug-likeness (QED) is 0.166. The molecule has 0 spiro atoms. The Balaban J connectivity index is 1.12. The van der Waals surface area contributed by atoms with E-state index in [1.807, 2.05) is 0 Å². The molecule has 0 amide bonds. The second-order valence-corrected chi connectivity index (χ2v) is 15.2. The van der Waals surface area contributed by atoms with Crippen LogP contribution in [0.5, 0.6) is 0 Å². The summed E-state index contributed by atoms with van der Waals surface area (Å²) in [7, 11) is 0. The lowest BCUT2D eigenvalue weighted by molar-refractivity contribution is 1.10. The highest BCUT2D eigenvalue weighted by Gasteiger charge is 2.21. The number of aromatic nitrogens is 4. The van der Waals surface area contributed by atoms with E-state index >= 15 is 0 Å². The predicted molar refractivity (Wildman–Crippen MR) is 246 cm³/mol. The summed E-state index contributed by atoms with van der Waals surface area (Å²) in [6.45, 7) is 0. The first-order valence-electron chi connectivity index (χ1n) is 20.1. The second-order valence-electron chi connectivity index (χ2n) is 15.2. The molecule has 3 aromatic heterocycles. The lowest BCUT2D eigenvalue weighted by atomic mass is 10.0. The Kier molecular flexibility index (Phi) is 7.50. The number of benzene rings is 9. The first-order chi connectivity index (χ1) is 29.3. The van der Waals surface area contributed by atoms with Gasteiger partial charge in [0.05, 0.1) is 33.1 Å². The molecule has 0 N–H and O–H groups in total. The Hall–Kier alpha value is -7.95. The van der Waals surface area contributed by atoms with Crippen LogP contribution in [0, 0.1) is 0 Å². The number of fused-ring (bicyclic) bond motifs is 7. The highest BCUT2D eigenvalue weighted by molar-refractivity contribution is 6.20. The summed E-state index contributed by atoms with van der Waals surface area (Å²) in [5, 5.41) is 4.90. The maximum absolute atomic E-state index is 5.16. The molecule has 0 unspecified atom stereocenters. The van der Waals surface area contributed by atoms with E-state index in [4.69, 9.17) is 4.98 Å². The fraction of sp³-hybridized carbons (Fsp3) is 0. The third-order valence-electron chi connectivity index (χ3n) is 11.8. The zero-order chi connectivity index (χ0) is 38.9. The molecule has 0 aliphatic rings. The Labute approximate surface area is 341 Å². The van der Waals surface area contributed by atoms with Crippen LogP contribution in [0.4, 0.5) is 0 Å². The number of rotatable bonds is 6. The minimum Gasteiger partial charge on any atom is -0.309 e.